The van der Waals surface area contributed by atoms with E-state index in [0.29, 0.717) is 13.0 Å². The fourth-order valence-corrected chi connectivity index (χ4v) is 9.92. The van der Waals surface area contributed by atoms with E-state index in [0.717, 1.165) is 83.5 Å². The average Bonchev–Trinajstić information content (AvgIpc) is 3.39. The molecule has 74 heavy (non-hydrogen) atoms. The lowest BCUT2D eigenvalue weighted by Crippen LogP contribution is -2.64. The SMILES string of the molecule is CC/C=C\C/C=C\C/C=C\C/C=C\C/C=C\C/C=C\CCCCCCC(=O)OC(COCCCCCCCCCCCCCCCCCCCCCCCCCC)COP(=O)(O)OC1C(O)C(O)C(O)C(O)C1O. The molecule has 0 heterocycles. The Morgan fingerprint density at radius 2 is 0.797 bits per heavy atom. The van der Waals surface area contributed by atoms with Gasteiger partial charge in [0, 0.05) is 13.0 Å². The minimum absolute atomic E-state index is 0.0879. The summed E-state index contributed by atoms with van der Waals surface area (Å²) in [5.74, 6) is -0.499. The first kappa shape index (κ1) is 69.8. The molecule has 0 aromatic carbocycles. The van der Waals surface area contributed by atoms with Crippen molar-refractivity contribution in [2.45, 2.75) is 288 Å². The maximum absolute atomic E-state index is 12.9. The third-order valence-corrected chi connectivity index (χ3v) is 14.6. The summed E-state index contributed by atoms with van der Waals surface area (Å²) in [6.07, 6.45) is 55.5. The predicted octanol–water partition coefficient (Wildman–Crippen LogP) is 14.7. The number of carbonyl (C=O) groups is 1. The van der Waals surface area contributed by atoms with Gasteiger partial charge in [-0.3, -0.25) is 13.8 Å². The number of esters is 1. The van der Waals surface area contributed by atoms with Gasteiger partial charge in [-0.15, -0.1) is 0 Å². The van der Waals surface area contributed by atoms with Gasteiger partial charge in [-0.1, -0.05) is 247 Å². The number of phosphoric ester groups is 1. The third kappa shape index (κ3) is 41.0. The first-order valence-corrected chi connectivity index (χ1v) is 31.3. The molecule has 12 nitrogen and oxygen atoms in total. The highest BCUT2D eigenvalue weighted by Gasteiger charge is 2.51. The molecule has 0 aliphatic heterocycles. The summed E-state index contributed by atoms with van der Waals surface area (Å²) in [6, 6.07) is 0. The topological polar surface area (TPSA) is 192 Å². The molecule has 6 unspecified atom stereocenters. The minimum atomic E-state index is -5.04. The van der Waals surface area contributed by atoms with Crippen molar-refractivity contribution in [3.05, 3.63) is 72.9 Å². The Kier molecular flexibility index (Phi) is 47.4. The van der Waals surface area contributed by atoms with Crippen LogP contribution in [0.3, 0.4) is 0 Å². The number of hydrogen-bond acceptors (Lipinski definition) is 11. The molecule has 0 spiro atoms. The zero-order chi connectivity index (χ0) is 54.0. The van der Waals surface area contributed by atoms with Gasteiger partial charge in [-0.25, -0.2) is 4.57 Å². The molecule has 1 aliphatic rings. The lowest BCUT2D eigenvalue weighted by atomic mass is 9.85. The second-order valence-electron chi connectivity index (χ2n) is 20.5. The Hall–Kier alpha value is -2.22. The third-order valence-electron chi connectivity index (χ3n) is 13.6. The lowest BCUT2D eigenvalue weighted by molar-refractivity contribution is -0.220. The van der Waals surface area contributed by atoms with Gasteiger partial charge in [0.25, 0.3) is 0 Å². The number of hydrogen-bond donors (Lipinski definition) is 6. The first-order valence-electron chi connectivity index (χ1n) is 29.8. The quantitative estimate of drug-likeness (QED) is 0.0146. The molecule has 1 rings (SSSR count). The van der Waals surface area contributed by atoms with Crippen molar-refractivity contribution in [2.75, 3.05) is 19.8 Å². The van der Waals surface area contributed by atoms with Crippen molar-refractivity contribution < 1.29 is 58.3 Å². The van der Waals surface area contributed by atoms with Gasteiger partial charge in [0.05, 0.1) is 13.2 Å². The molecular weight excluding hydrogens is 956 g/mol. The highest BCUT2D eigenvalue weighted by molar-refractivity contribution is 7.47. The van der Waals surface area contributed by atoms with E-state index in [1.54, 1.807) is 0 Å². The van der Waals surface area contributed by atoms with Crippen LogP contribution >= 0.6 is 7.82 Å². The van der Waals surface area contributed by atoms with Crippen LogP contribution in [0.25, 0.3) is 0 Å². The van der Waals surface area contributed by atoms with Crippen molar-refractivity contribution in [2.24, 2.45) is 0 Å². The van der Waals surface area contributed by atoms with Gasteiger partial charge < -0.3 is 39.9 Å². The van der Waals surface area contributed by atoms with Crippen molar-refractivity contribution in [3.8, 4) is 0 Å². The minimum Gasteiger partial charge on any atom is -0.457 e. The summed E-state index contributed by atoms with van der Waals surface area (Å²) < 4.78 is 34.4. The number of phosphoric acid groups is 1. The van der Waals surface area contributed by atoms with Gasteiger partial charge in [-0.2, -0.15) is 0 Å². The molecule has 0 aromatic rings. The Bertz CT molecular complexity index is 1500. The van der Waals surface area contributed by atoms with E-state index >= 15 is 0 Å². The second kappa shape index (κ2) is 50.3. The summed E-state index contributed by atoms with van der Waals surface area (Å²) in [5, 5.41) is 50.5. The number of ether oxygens (including phenoxy) is 2. The molecule has 1 fully saturated rings. The molecule has 6 N–H and O–H groups in total. The van der Waals surface area contributed by atoms with Crippen LogP contribution in [0.2, 0.25) is 0 Å². The second-order valence-corrected chi connectivity index (χ2v) is 21.9. The number of aliphatic hydroxyl groups excluding tert-OH is 5. The van der Waals surface area contributed by atoms with Gasteiger partial charge in [0.15, 0.2) is 0 Å². The summed E-state index contributed by atoms with van der Waals surface area (Å²) in [7, 11) is -5.04. The van der Waals surface area contributed by atoms with Gasteiger partial charge in [0.1, 0.15) is 42.7 Å². The number of allylic oxidation sites excluding steroid dienone is 12. The van der Waals surface area contributed by atoms with Crippen LogP contribution in [0.15, 0.2) is 72.9 Å². The van der Waals surface area contributed by atoms with E-state index in [1.165, 1.54) is 135 Å². The molecule has 1 aliphatic carbocycles. The van der Waals surface area contributed by atoms with Gasteiger partial charge in [0.2, 0.25) is 0 Å². The molecule has 0 radical (unpaired) electrons. The number of rotatable bonds is 51. The molecule has 1 saturated carbocycles. The summed E-state index contributed by atoms with van der Waals surface area (Å²) >= 11 is 0. The van der Waals surface area contributed by atoms with E-state index in [2.05, 4.69) is 86.8 Å². The molecule has 13 heteroatoms. The Balaban J connectivity index is 2.29. The summed E-state index contributed by atoms with van der Waals surface area (Å²) in [5.41, 5.74) is 0. The van der Waals surface area contributed by atoms with Crippen molar-refractivity contribution in [1.29, 1.82) is 0 Å². The van der Waals surface area contributed by atoms with E-state index < -0.39 is 63.1 Å². The molecule has 430 valence electrons. The molecule has 6 atom stereocenters. The van der Waals surface area contributed by atoms with Crippen LogP contribution in [-0.4, -0.2) is 98.9 Å². The molecular formula is C61H109O12P. The van der Waals surface area contributed by atoms with Crippen molar-refractivity contribution >= 4 is 13.8 Å². The Morgan fingerprint density at radius 1 is 0.446 bits per heavy atom. The molecule has 0 saturated heterocycles. The molecule has 0 amide bonds. The zero-order valence-corrected chi connectivity index (χ0v) is 47.5. The normalized spacial score (nSPS) is 20.9. The number of unbranched alkanes of at least 4 members (excludes halogenated alkanes) is 27. The van der Waals surface area contributed by atoms with E-state index in [4.69, 9.17) is 18.5 Å². The molecule has 0 aromatic heterocycles. The average molecular weight is 1070 g/mol. The molecule has 0 bridgehead atoms. The fraction of sp³-hybridized carbons (Fsp3) is 0.787. The van der Waals surface area contributed by atoms with E-state index in [-0.39, 0.29) is 13.0 Å². The number of aliphatic hydroxyl groups is 5. The largest absolute Gasteiger partial charge is 0.472 e. The fourth-order valence-electron chi connectivity index (χ4n) is 8.95. The maximum atomic E-state index is 12.9. The van der Waals surface area contributed by atoms with E-state index in [1.807, 2.05) is 0 Å². The van der Waals surface area contributed by atoms with Crippen LogP contribution in [-0.2, 0) is 27.9 Å². The summed E-state index contributed by atoms with van der Waals surface area (Å²) in [6.45, 7) is 4.16. The lowest BCUT2D eigenvalue weighted by Gasteiger charge is -2.41. The standard InChI is InChI=1S/C61H109O12P/c1-3-5-7-9-11-13-15-17-19-21-23-25-27-29-31-33-35-37-39-41-43-45-47-49-51-70-52-54(53-71-74(68,69)73-61-59(66)57(64)56(63)58(65)60(61)67)72-55(62)50-48-46-44-42-40-38-36-34-32-30-28-26-24-22-20-18-16-14-12-10-8-6-4-2/h6,8,12,14,18,20,24,26,30,32,36,38,54,56-61,63-67H,3-5,7,9-11,13,15-17,19,21-23,25,27-29,31,33-35,37,39-53H2,1-2H3,(H,68,69)/b8-6-,14-12-,20-18-,26-24-,32-30-,38-36-. The van der Waals surface area contributed by atoms with Crippen LogP contribution in [0.1, 0.15) is 245 Å². The van der Waals surface area contributed by atoms with Crippen LogP contribution < -0.4 is 0 Å². The Morgan fingerprint density at radius 3 is 1.22 bits per heavy atom. The van der Waals surface area contributed by atoms with Gasteiger partial charge in [-0.05, 0) is 64.2 Å². The van der Waals surface area contributed by atoms with Crippen LogP contribution in [0, 0.1) is 0 Å². The zero-order valence-electron chi connectivity index (χ0n) is 46.6. The maximum Gasteiger partial charge on any atom is 0.472 e. The number of carbonyl (C=O) groups excluding carboxylic acids is 1. The van der Waals surface area contributed by atoms with Crippen molar-refractivity contribution in [1.82, 2.24) is 0 Å². The Labute approximate surface area is 450 Å². The van der Waals surface area contributed by atoms with Crippen molar-refractivity contribution in [3.63, 3.8) is 0 Å². The van der Waals surface area contributed by atoms with Gasteiger partial charge >= 0.3 is 13.8 Å². The van der Waals surface area contributed by atoms with Crippen LogP contribution in [0.5, 0.6) is 0 Å². The van der Waals surface area contributed by atoms with Crippen LogP contribution in [0.4, 0.5) is 0 Å². The smallest absolute Gasteiger partial charge is 0.457 e. The highest BCUT2D eigenvalue weighted by Crippen LogP contribution is 2.47. The first-order chi connectivity index (χ1) is 36.0. The summed E-state index contributed by atoms with van der Waals surface area (Å²) in [4.78, 5) is 23.3. The monoisotopic (exact) mass is 1060 g/mol. The highest BCUT2D eigenvalue weighted by atomic mass is 31.2. The predicted molar refractivity (Wildman–Crippen MR) is 304 cm³/mol. The van der Waals surface area contributed by atoms with E-state index in [9.17, 15) is 39.8 Å².